The number of amides is 2. The van der Waals surface area contributed by atoms with Gasteiger partial charge in [-0.1, -0.05) is 36.7 Å². The lowest BCUT2D eigenvalue weighted by molar-refractivity contribution is -0.117. The van der Waals surface area contributed by atoms with Gasteiger partial charge in [0.2, 0.25) is 5.82 Å². The minimum atomic E-state index is -0.666. The van der Waals surface area contributed by atoms with Gasteiger partial charge in [0.15, 0.2) is 5.82 Å². The number of benzene rings is 2. The van der Waals surface area contributed by atoms with Crippen molar-refractivity contribution in [3.05, 3.63) is 105 Å². The first-order valence-electron chi connectivity index (χ1n) is 12.6. The molecule has 0 aliphatic rings. The van der Waals surface area contributed by atoms with Gasteiger partial charge in [0.25, 0.3) is 11.8 Å². The molecule has 0 aliphatic heterocycles. The Labute approximate surface area is 243 Å². The van der Waals surface area contributed by atoms with Crippen molar-refractivity contribution in [2.24, 2.45) is 0 Å². The fourth-order valence-electron chi connectivity index (χ4n) is 4.55. The summed E-state index contributed by atoms with van der Waals surface area (Å²) in [6.45, 7) is 2.96. The van der Waals surface area contributed by atoms with E-state index in [1.54, 1.807) is 24.4 Å². The van der Waals surface area contributed by atoms with E-state index >= 15 is 0 Å². The number of aromatic nitrogens is 4. The Morgan fingerprint density at radius 2 is 1.90 bits per heavy atom. The molecule has 1 atom stereocenters. The van der Waals surface area contributed by atoms with Crippen LogP contribution in [0.3, 0.4) is 0 Å². The second-order valence-electron chi connectivity index (χ2n) is 9.34. The lowest BCUT2D eigenvalue weighted by Crippen LogP contribution is -2.28. The SMILES string of the molecule is CC(=O)Cn1c(C(=O)NCc2cccnn2)nc(NC(=O)c2csc3ccccc23)c1[C@@H](C)c1cc(F)ccc1Cl. The third-order valence-electron chi connectivity index (χ3n) is 6.44. The monoisotopic (exact) mass is 590 g/mol. The molecule has 208 valence electrons. The number of thiophene rings is 1. The molecule has 5 rings (SSSR count). The van der Waals surface area contributed by atoms with Gasteiger partial charge in [0, 0.05) is 32.6 Å². The summed E-state index contributed by atoms with van der Waals surface area (Å²) in [4.78, 5) is 43.8. The summed E-state index contributed by atoms with van der Waals surface area (Å²) in [6, 6.07) is 14.8. The van der Waals surface area contributed by atoms with Gasteiger partial charge < -0.3 is 15.2 Å². The number of hydrogen-bond acceptors (Lipinski definition) is 7. The van der Waals surface area contributed by atoms with Crippen molar-refractivity contribution in [2.45, 2.75) is 32.9 Å². The topological polar surface area (TPSA) is 119 Å². The van der Waals surface area contributed by atoms with E-state index < -0.39 is 23.5 Å². The highest BCUT2D eigenvalue weighted by atomic mass is 35.5. The standard InChI is InChI=1S/C29H24ClFN6O3S/c1-16(38)14-37-25(17(2)21-12-18(31)9-10-23(21)30)26(34-27(37)29(40)32-13-19-6-5-11-33-36-19)35-28(39)22-15-41-24-8-4-3-7-20(22)24/h3-12,15,17H,13-14H2,1-2H3,(H,32,40)(H,35,39)/t17-/m0/s1. The van der Waals surface area contributed by atoms with Crippen LogP contribution >= 0.6 is 22.9 Å². The molecular formula is C29H24ClFN6O3S. The first-order valence-corrected chi connectivity index (χ1v) is 13.9. The maximum absolute atomic E-state index is 14.3. The van der Waals surface area contributed by atoms with E-state index in [1.165, 1.54) is 47.2 Å². The maximum Gasteiger partial charge on any atom is 0.287 e. The number of fused-ring (bicyclic) bond motifs is 1. The normalized spacial score (nSPS) is 11.8. The molecule has 3 aromatic heterocycles. The molecule has 0 saturated carbocycles. The van der Waals surface area contributed by atoms with E-state index in [0.29, 0.717) is 22.5 Å². The molecule has 0 bridgehead atoms. The second kappa shape index (κ2) is 11.9. The quantitative estimate of drug-likeness (QED) is 0.231. The summed E-state index contributed by atoms with van der Waals surface area (Å²) in [7, 11) is 0. The van der Waals surface area contributed by atoms with Crippen LogP contribution in [0.1, 0.15) is 57.7 Å². The number of carbonyl (C=O) groups is 3. The zero-order chi connectivity index (χ0) is 29.1. The number of Topliss-reactive ketones (excluding diaryl/α,β-unsaturated/α-hetero) is 1. The van der Waals surface area contributed by atoms with Crippen molar-refractivity contribution < 1.29 is 18.8 Å². The van der Waals surface area contributed by atoms with Crippen LogP contribution in [0, 0.1) is 5.82 Å². The molecule has 2 amide bonds. The van der Waals surface area contributed by atoms with E-state index in [0.717, 1.165) is 10.1 Å². The van der Waals surface area contributed by atoms with Crippen LogP contribution in [0.15, 0.2) is 66.2 Å². The Morgan fingerprint density at radius 3 is 2.66 bits per heavy atom. The Bertz CT molecular complexity index is 1770. The van der Waals surface area contributed by atoms with E-state index in [1.807, 2.05) is 24.3 Å². The van der Waals surface area contributed by atoms with Gasteiger partial charge in [-0.3, -0.25) is 14.4 Å². The zero-order valence-electron chi connectivity index (χ0n) is 22.0. The van der Waals surface area contributed by atoms with Crippen molar-refractivity contribution in [3.8, 4) is 0 Å². The van der Waals surface area contributed by atoms with E-state index in [4.69, 9.17) is 11.6 Å². The van der Waals surface area contributed by atoms with Crippen molar-refractivity contribution in [1.82, 2.24) is 25.1 Å². The average Bonchev–Trinajstić information content (AvgIpc) is 3.54. The van der Waals surface area contributed by atoms with Gasteiger partial charge >= 0.3 is 0 Å². The summed E-state index contributed by atoms with van der Waals surface area (Å²) >= 11 is 7.87. The predicted octanol–water partition coefficient (Wildman–Crippen LogP) is 5.60. The maximum atomic E-state index is 14.3. The first-order chi connectivity index (χ1) is 19.7. The Morgan fingerprint density at radius 1 is 1.10 bits per heavy atom. The highest BCUT2D eigenvalue weighted by Gasteiger charge is 2.29. The molecule has 9 nitrogen and oxygen atoms in total. The van der Waals surface area contributed by atoms with Crippen LogP contribution in [-0.4, -0.2) is 37.3 Å². The molecule has 0 saturated heterocycles. The molecule has 12 heteroatoms. The van der Waals surface area contributed by atoms with Gasteiger partial charge in [-0.25, -0.2) is 9.37 Å². The van der Waals surface area contributed by atoms with Crippen LogP contribution in [-0.2, 0) is 17.9 Å². The molecule has 2 N–H and O–H groups in total. The molecule has 0 spiro atoms. The number of nitrogens with one attached hydrogen (secondary N) is 2. The number of ketones is 1. The number of rotatable bonds is 9. The highest BCUT2D eigenvalue weighted by molar-refractivity contribution is 7.17. The summed E-state index contributed by atoms with van der Waals surface area (Å²) in [6.07, 6.45) is 1.52. The van der Waals surface area contributed by atoms with Crippen LogP contribution in [0.4, 0.5) is 10.2 Å². The van der Waals surface area contributed by atoms with Gasteiger partial charge in [-0.15, -0.1) is 11.3 Å². The second-order valence-corrected chi connectivity index (χ2v) is 10.7. The van der Waals surface area contributed by atoms with Gasteiger partial charge in [0.1, 0.15) is 11.6 Å². The summed E-state index contributed by atoms with van der Waals surface area (Å²) in [5.41, 5.74) is 1.68. The minimum absolute atomic E-state index is 0.0583. The fraction of sp³-hybridized carbons (Fsp3) is 0.172. The molecular weight excluding hydrogens is 567 g/mol. The van der Waals surface area contributed by atoms with Crippen LogP contribution in [0.25, 0.3) is 10.1 Å². The highest BCUT2D eigenvalue weighted by Crippen LogP contribution is 2.36. The Balaban J connectivity index is 1.60. The predicted molar refractivity (Wildman–Crippen MR) is 155 cm³/mol. The van der Waals surface area contributed by atoms with E-state index in [2.05, 4.69) is 25.8 Å². The number of hydrogen-bond donors (Lipinski definition) is 2. The minimum Gasteiger partial charge on any atom is -0.344 e. The van der Waals surface area contributed by atoms with Crippen molar-refractivity contribution in [3.63, 3.8) is 0 Å². The molecule has 0 aliphatic carbocycles. The number of halogens is 2. The smallest absolute Gasteiger partial charge is 0.287 e. The van der Waals surface area contributed by atoms with Gasteiger partial charge in [0.05, 0.1) is 30.0 Å². The number of nitrogens with zero attached hydrogens (tertiary/aromatic N) is 4. The lowest BCUT2D eigenvalue weighted by atomic mass is 9.96. The number of carbonyl (C=O) groups excluding carboxylic acids is 3. The largest absolute Gasteiger partial charge is 0.344 e. The number of anilines is 1. The molecule has 0 unspecified atom stereocenters. The molecule has 41 heavy (non-hydrogen) atoms. The summed E-state index contributed by atoms with van der Waals surface area (Å²) < 4.78 is 16.7. The third-order valence-corrected chi connectivity index (χ3v) is 7.75. The van der Waals surface area contributed by atoms with Crippen LogP contribution in [0.2, 0.25) is 5.02 Å². The van der Waals surface area contributed by atoms with Crippen molar-refractivity contribution >= 4 is 56.4 Å². The molecule has 3 heterocycles. The Hall–Kier alpha value is -4.48. The summed E-state index contributed by atoms with van der Waals surface area (Å²) in [5, 5.41) is 16.1. The number of imidazole rings is 1. The zero-order valence-corrected chi connectivity index (χ0v) is 23.6. The average molecular weight is 591 g/mol. The van der Waals surface area contributed by atoms with Gasteiger partial charge in [-0.05, 0) is 48.9 Å². The Kier molecular flexibility index (Phi) is 8.18. The first kappa shape index (κ1) is 28.1. The molecule has 0 fully saturated rings. The van der Waals surface area contributed by atoms with E-state index in [9.17, 15) is 18.8 Å². The van der Waals surface area contributed by atoms with Crippen molar-refractivity contribution in [2.75, 3.05) is 5.32 Å². The molecule has 0 radical (unpaired) electrons. The third kappa shape index (κ3) is 6.01. The summed E-state index contributed by atoms with van der Waals surface area (Å²) in [5.74, 6) is -2.52. The van der Waals surface area contributed by atoms with Crippen molar-refractivity contribution in [1.29, 1.82) is 0 Å². The van der Waals surface area contributed by atoms with E-state index in [-0.39, 0.29) is 35.5 Å². The molecule has 5 aromatic rings. The lowest BCUT2D eigenvalue weighted by Gasteiger charge is -2.19. The van der Waals surface area contributed by atoms with Crippen LogP contribution in [0.5, 0.6) is 0 Å². The fourth-order valence-corrected chi connectivity index (χ4v) is 5.77. The van der Waals surface area contributed by atoms with Crippen LogP contribution < -0.4 is 10.6 Å². The molecule has 2 aromatic carbocycles. The van der Waals surface area contributed by atoms with Gasteiger partial charge in [-0.2, -0.15) is 10.2 Å².